The zero-order valence-electron chi connectivity index (χ0n) is 16.5. The van der Waals surface area contributed by atoms with Gasteiger partial charge < -0.3 is 5.11 Å². The molecule has 0 radical (unpaired) electrons. The van der Waals surface area contributed by atoms with Crippen LogP contribution in [-0.2, 0) is 10.8 Å². The first-order chi connectivity index (χ1) is 11.6. The predicted molar refractivity (Wildman–Crippen MR) is 105 cm³/mol. The van der Waals surface area contributed by atoms with Crippen molar-refractivity contribution in [2.75, 3.05) is 7.05 Å². The molecule has 1 atom stereocenters. The number of phenolic OH excluding ortho intramolecular Hbond substituents is 1. The number of benzene rings is 2. The van der Waals surface area contributed by atoms with Gasteiger partial charge in [-0.1, -0.05) is 71.9 Å². The molecule has 25 heavy (non-hydrogen) atoms. The Balaban J connectivity index is 2.75. The number of rotatable bonds is 3. The summed E-state index contributed by atoms with van der Waals surface area (Å²) in [6, 6.07) is 14.2. The molecule has 1 N–H and O–H groups in total. The highest BCUT2D eigenvalue weighted by atomic mass is 16.3. The summed E-state index contributed by atoms with van der Waals surface area (Å²) in [5.41, 5.74) is 3.72. The second-order valence-corrected chi connectivity index (χ2v) is 8.59. The fourth-order valence-corrected chi connectivity index (χ4v) is 3.03. The number of hydrogen-bond acceptors (Lipinski definition) is 3. The average Bonchev–Trinajstić information content (AvgIpc) is 2.51. The van der Waals surface area contributed by atoms with Crippen molar-refractivity contribution in [1.29, 1.82) is 0 Å². The fourth-order valence-electron chi connectivity index (χ4n) is 3.03. The van der Waals surface area contributed by atoms with Crippen molar-refractivity contribution >= 4 is 0 Å². The van der Waals surface area contributed by atoms with E-state index in [1.807, 2.05) is 18.2 Å². The normalized spacial score (nSPS) is 14.0. The van der Waals surface area contributed by atoms with Gasteiger partial charge in [-0.15, -0.1) is 0 Å². The molecule has 0 amide bonds. The van der Waals surface area contributed by atoms with E-state index in [-0.39, 0.29) is 16.9 Å². The molecular formula is C22H30N2O. The molecule has 2 rings (SSSR count). The summed E-state index contributed by atoms with van der Waals surface area (Å²) < 4.78 is 0. The van der Waals surface area contributed by atoms with Crippen molar-refractivity contribution < 1.29 is 5.11 Å². The average molecular weight is 338 g/mol. The smallest absolute Gasteiger partial charge is 0.123 e. The number of hydrogen-bond donors (Lipinski definition) is 1. The second-order valence-electron chi connectivity index (χ2n) is 8.59. The molecule has 3 nitrogen and oxygen atoms in total. The highest BCUT2D eigenvalue weighted by molar-refractivity contribution is 5.51. The molecule has 0 saturated carbocycles. The minimum Gasteiger partial charge on any atom is -0.507 e. The maximum atomic E-state index is 10.9. The van der Waals surface area contributed by atoms with E-state index in [1.165, 1.54) is 0 Å². The summed E-state index contributed by atoms with van der Waals surface area (Å²) in [6.07, 6.45) is 0. The van der Waals surface area contributed by atoms with Crippen molar-refractivity contribution in [2.45, 2.75) is 58.4 Å². The molecule has 0 saturated heterocycles. The van der Waals surface area contributed by atoms with E-state index in [1.54, 1.807) is 7.05 Å². The molecule has 2 aromatic carbocycles. The summed E-state index contributed by atoms with van der Waals surface area (Å²) in [5.74, 6) is 0.393. The lowest BCUT2D eigenvalue weighted by Crippen LogP contribution is -2.18. The van der Waals surface area contributed by atoms with Gasteiger partial charge in [0, 0.05) is 7.05 Å². The predicted octanol–water partition coefficient (Wildman–Crippen LogP) is 6.16. The maximum absolute atomic E-state index is 10.9. The van der Waals surface area contributed by atoms with Crippen molar-refractivity contribution in [1.82, 2.24) is 0 Å². The zero-order chi connectivity index (χ0) is 18.8. The van der Waals surface area contributed by atoms with Crippen LogP contribution in [-0.4, -0.2) is 12.2 Å². The molecule has 0 bridgehead atoms. The summed E-state index contributed by atoms with van der Waals surface area (Å²) in [6.45, 7) is 12.7. The van der Waals surface area contributed by atoms with Crippen LogP contribution in [0, 0.1) is 0 Å². The lowest BCUT2D eigenvalue weighted by Gasteiger charge is -2.29. The van der Waals surface area contributed by atoms with E-state index >= 15 is 0 Å². The van der Waals surface area contributed by atoms with Crippen LogP contribution in [0.4, 0.5) is 0 Å². The Morgan fingerprint density at radius 1 is 0.800 bits per heavy atom. The van der Waals surface area contributed by atoms with Crippen LogP contribution in [0.2, 0.25) is 0 Å². The lowest BCUT2D eigenvalue weighted by atomic mass is 9.77. The molecule has 2 aromatic rings. The van der Waals surface area contributed by atoms with Gasteiger partial charge in [-0.05, 0) is 45.2 Å². The molecule has 0 aliphatic rings. The highest BCUT2D eigenvalue weighted by Gasteiger charge is 2.28. The molecule has 0 aliphatic carbocycles. The van der Waals surface area contributed by atoms with Gasteiger partial charge >= 0.3 is 0 Å². The van der Waals surface area contributed by atoms with E-state index in [9.17, 15) is 5.11 Å². The summed E-state index contributed by atoms with van der Waals surface area (Å²) in [5, 5.41) is 19.5. The molecule has 0 spiro atoms. The molecule has 0 aromatic heterocycles. The van der Waals surface area contributed by atoms with Crippen molar-refractivity contribution in [3.05, 3.63) is 64.7 Å². The van der Waals surface area contributed by atoms with Crippen LogP contribution in [0.25, 0.3) is 0 Å². The molecule has 134 valence electrons. The van der Waals surface area contributed by atoms with E-state index in [2.05, 4.69) is 76.0 Å². The van der Waals surface area contributed by atoms with Gasteiger partial charge in [0.1, 0.15) is 11.8 Å². The van der Waals surface area contributed by atoms with E-state index in [4.69, 9.17) is 0 Å². The molecule has 0 fully saturated rings. The van der Waals surface area contributed by atoms with Gasteiger partial charge in [0.25, 0.3) is 0 Å². The van der Waals surface area contributed by atoms with E-state index < -0.39 is 0 Å². The Morgan fingerprint density at radius 2 is 1.28 bits per heavy atom. The monoisotopic (exact) mass is 338 g/mol. The SMILES string of the molecule is CN=NC(c1ccccc1)c1cc(C(C)(C)C)c(O)c(C(C)(C)C)c1. The molecule has 0 heterocycles. The molecule has 3 heteroatoms. The van der Waals surface area contributed by atoms with Gasteiger partial charge in [-0.3, -0.25) is 0 Å². The Bertz CT molecular complexity index is 715. The summed E-state index contributed by atoms with van der Waals surface area (Å²) in [4.78, 5) is 0. The van der Waals surface area contributed by atoms with Gasteiger partial charge in [0.2, 0.25) is 0 Å². The summed E-state index contributed by atoms with van der Waals surface area (Å²) >= 11 is 0. The van der Waals surface area contributed by atoms with E-state index in [0.29, 0.717) is 5.75 Å². The second kappa shape index (κ2) is 6.99. The lowest BCUT2D eigenvalue weighted by molar-refractivity contribution is 0.422. The molecular weight excluding hydrogens is 308 g/mol. The quantitative estimate of drug-likeness (QED) is 0.669. The minimum atomic E-state index is -0.172. The topological polar surface area (TPSA) is 45.0 Å². The third kappa shape index (κ3) is 4.28. The molecule has 0 aliphatic heterocycles. The van der Waals surface area contributed by atoms with Crippen LogP contribution in [0.1, 0.15) is 69.8 Å². The van der Waals surface area contributed by atoms with Crippen molar-refractivity contribution in [2.24, 2.45) is 10.2 Å². The van der Waals surface area contributed by atoms with Crippen molar-refractivity contribution in [3.8, 4) is 5.75 Å². The first-order valence-electron chi connectivity index (χ1n) is 8.77. The first-order valence-corrected chi connectivity index (χ1v) is 8.77. The third-order valence-electron chi connectivity index (χ3n) is 4.41. The largest absolute Gasteiger partial charge is 0.507 e. The van der Waals surface area contributed by atoms with Crippen LogP contribution in [0.3, 0.4) is 0 Å². The van der Waals surface area contributed by atoms with Crippen LogP contribution >= 0.6 is 0 Å². The Morgan fingerprint density at radius 3 is 1.68 bits per heavy atom. The van der Waals surface area contributed by atoms with Crippen LogP contribution in [0.5, 0.6) is 5.75 Å². The van der Waals surface area contributed by atoms with Gasteiger partial charge in [0.05, 0.1) is 0 Å². The van der Waals surface area contributed by atoms with Crippen molar-refractivity contribution in [3.63, 3.8) is 0 Å². The Labute approximate surface area is 151 Å². The fraction of sp³-hybridized carbons (Fsp3) is 0.455. The number of azo groups is 1. The maximum Gasteiger partial charge on any atom is 0.123 e. The Hall–Kier alpha value is -2.16. The Kier molecular flexibility index (Phi) is 5.36. The van der Waals surface area contributed by atoms with Gasteiger partial charge in [-0.2, -0.15) is 10.2 Å². The van der Waals surface area contributed by atoms with E-state index in [0.717, 1.165) is 22.3 Å². The summed E-state index contributed by atoms with van der Waals surface area (Å²) in [7, 11) is 1.70. The van der Waals surface area contributed by atoms with Gasteiger partial charge in [0.15, 0.2) is 0 Å². The van der Waals surface area contributed by atoms with Crippen LogP contribution in [0.15, 0.2) is 52.7 Å². The number of aromatic hydroxyl groups is 1. The number of phenols is 1. The van der Waals surface area contributed by atoms with Crippen LogP contribution < -0.4 is 0 Å². The zero-order valence-corrected chi connectivity index (χ0v) is 16.5. The minimum absolute atomic E-state index is 0.162. The number of nitrogens with zero attached hydrogens (tertiary/aromatic N) is 2. The third-order valence-corrected chi connectivity index (χ3v) is 4.41. The standard InChI is InChI=1S/C22H30N2O/c1-21(2,3)17-13-16(14-18(20(17)25)22(4,5)6)19(24-23-7)15-11-9-8-10-12-15/h8-14,19,25H,1-7H3. The molecule has 1 unspecified atom stereocenters. The highest BCUT2D eigenvalue weighted by Crippen LogP contribution is 2.42. The van der Waals surface area contributed by atoms with Gasteiger partial charge in [-0.25, -0.2) is 0 Å². The first kappa shape index (κ1) is 19.2.